The standard InChI is InChI=1S/C5H12N2/c1-4-5(6-2)3-7-4/h4-7H,3H2,1-2H3/t4-,5+/m0/s1. The van der Waals surface area contributed by atoms with E-state index in [4.69, 9.17) is 0 Å². The van der Waals surface area contributed by atoms with E-state index >= 15 is 0 Å². The van der Waals surface area contributed by atoms with E-state index in [9.17, 15) is 0 Å². The zero-order chi connectivity index (χ0) is 5.28. The van der Waals surface area contributed by atoms with Crippen molar-refractivity contribution in [2.24, 2.45) is 0 Å². The quantitative estimate of drug-likeness (QED) is 0.467. The summed E-state index contributed by atoms with van der Waals surface area (Å²) in [6.45, 7) is 3.32. The lowest BCUT2D eigenvalue weighted by Crippen LogP contribution is -2.61. The number of hydrogen-bond donors (Lipinski definition) is 2. The van der Waals surface area contributed by atoms with Gasteiger partial charge in [0, 0.05) is 18.6 Å². The smallest absolute Gasteiger partial charge is 0.0341 e. The molecule has 0 amide bonds. The van der Waals surface area contributed by atoms with Gasteiger partial charge in [-0.2, -0.15) is 0 Å². The molecule has 1 saturated heterocycles. The third-order valence-corrected chi connectivity index (χ3v) is 1.63. The van der Waals surface area contributed by atoms with Crippen LogP contribution in [0.4, 0.5) is 0 Å². The minimum Gasteiger partial charge on any atom is -0.314 e. The highest BCUT2D eigenvalue weighted by Crippen LogP contribution is 1.99. The first-order valence-corrected chi connectivity index (χ1v) is 2.75. The summed E-state index contributed by atoms with van der Waals surface area (Å²) in [6.07, 6.45) is 0. The minimum atomic E-state index is 0.685. The molecule has 2 heteroatoms. The van der Waals surface area contributed by atoms with Gasteiger partial charge in [0.2, 0.25) is 0 Å². The van der Waals surface area contributed by atoms with Crippen molar-refractivity contribution in [2.75, 3.05) is 13.6 Å². The molecule has 7 heavy (non-hydrogen) atoms. The van der Waals surface area contributed by atoms with Crippen LogP contribution in [0.25, 0.3) is 0 Å². The van der Waals surface area contributed by atoms with Crippen LogP contribution in [0.3, 0.4) is 0 Å². The van der Waals surface area contributed by atoms with Gasteiger partial charge < -0.3 is 10.6 Å². The fourth-order valence-electron chi connectivity index (χ4n) is 0.823. The van der Waals surface area contributed by atoms with E-state index in [2.05, 4.69) is 17.6 Å². The highest BCUT2D eigenvalue weighted by molar-refractivity contribution is 4.89. The predicted octanol–water partition coefficient (Wildman–Crippen LogP) is -0.434. The van der Waals surface area contributed by atoms with E-state index in [0.717, 1.165) is 12.6 Å². The van der Waals surface area contributed by atoms with Crippen LogP contribution < -0.4 is 10.6 Å². The molecule has 42 valence electrons. The first kappa shape index (κ1) is 5.06. The summed E-state index contributed by atoms with van der Waals surface area (Å²) >= 11 is 0. The van der Waals surface area contributed by atoms with Gasteiger partial charge in [0.05, 0.1) is 0 Å². The highest BCUT2D eigenvalue weighted by Gasteiger charge is 2.22. The van der Waals surface area contributed by atoms with Crippen LogP contribution in [-0.4, -0.2) is 25.7 Å². The maximum Gasteiger partial charge on any atom is 0.0341 e. The first-order valence-electron chi connectivity index (χ1n) is 2.75. The van der Waals surface area contributed by atoms with Gasteiger partial charge >= 0.3 is 0 Å². The van der Waals surface area contributed by atoms with Crippen molar-refractivity contribution in [1.29, 1.82) is 0 Å². The van der Waals surface area contributed by atoms with E-state index in [1.807, 2.05) is 7.05 Å². The molecule has 1 heterocycles. The molecule has 0 aromatic rings. The molecule has 1 fully saturated rings. The molecule has 0 spiro atoms. The summed E-state index contributed by atoms with van der Waals surface area (Å²) in [6, 6.07) is 1.41. The SMILES string of the molecule is CN[C@@H]1CN[C@H]1C. The normalized spacial score (nSPS) is 40.3. The third-order valence-electron chi connectivity index (χ3n) is 1.63. The topological polar surface area (TPSA) is 24.1 Å². The second-order valence-corrected chi connectivity index (χ2v) is 2.09. The van der Waals surface area contributed by atoms with Crippen molar-refractivity contribution >= 4 is 0 Å². The Morgan fingerprint density at radius 1 is 1.71 bits per heavy atom. The molecule has 0 aliphatic carbocycles. The van der Waals surface area contributed by atoms with Crippen molar-refractivity contribution in [3.8, 4) is 0 Å². The fraction of sp³-hybridized carbons (Fsp3) is 1.00. The molecule has 1 aliphatic rings. The molecule has 2 atom stereocenters. The van der Waals surface area contributed by atoms with Crippen LogP contribution in [0.1, 0.15) is 6.92 Å². The maximum absolute atomic E-state index is 3.25. The molecule has 1 aliphatic heterocycles. The van der Waals surface area contributed by atoms with Crippen molar-refractivity contribution in [3.63, 3.8) is 0 Å². The summed E-state index contributed by atoms with van der Waals surface area (Å²) in [5.74, 6) is 0. The largest absolute Gasteiger partial charge is 0.314 e. The Morgan fingerprint density at radius 3 is 2.43 bits per heavy atom. The highest BCUT2D eigenvalue weighted by atomic mass is 15.1. The molecule has 0 unspecified atom stereocenters. The number of rotatable bonds is 1. The summed E-state index contributed by atoms with van der Waals surface area (Å²) in [5.41, 5.74) is 0. The van der Waals surface area contributed by atoms with Gasteiger partial charge in [0.25, 0.3) is 0 Å². The van der Waals surface area contributed by atoms with Crippen molar-refractivity contribution in [3.05, 3.63) is 0 Å². The van der Waals surface area contributed by atoms with Gasteiger partial charge in [0.1, 0.15) is 0 Å². The Kier molecular flexibility index (Phi) is 1.30. The lowest BCUT2D eigenvalue weighted by atomic mass is 10.0. The second kappa shape index (κ2) is 1.80. The summed E-state index contributed by atoms with van der Waals surface area (Å²) < 4.78 is 0. The van der Waals surface area contributed by atoms with E-state index in [-0.39, 0.29) is 0 Å². The van der Waals surface area contributed by atoms with Gasteiger partial charge in [-0.25, -0.2) is 0 Å². The molecule has 0 aromatic heterocycles. The number of likely N-dealkylation sites (N-methyl/N-ethyl adjacent to an activating group) is 1. The first-order chi connectivity index (χ1) is 3.34. The van der Waals surface area contributed by atoms with Gasteiger partial charge in [-0.05, 0) is 14.0 Å². The number of nitrogens with one attached hydrogen (secondary N) is 2. The van der Waals surface area contributed by atoms with Crippen LogP contribution in [-0.2, 0) is 0 Å². The predicted molar refractivity (Wildman–Crippen MR) is 30.3 cm³/mol. The van der Waals surface area contributed by atoms with Gasteiger partial charge in [0.15, 0.2) is 0 Å². The average molecular weight is 100 g/mol. The molecule has 0 bridgehead atoms. The molecule has 2 N–H and O–H groups in total. The molecular weight excluding hydrogens is 88.1 g/mol. The Bertz CT molecular complexity index is 61.1. The Balaban J connectivity index is 2.16. The van der Waals surface area contributed by atoms with Crippen molar-refractivity contribution in [1.82, 2.24) is 10.6 Å². The summed E-state index contributed by atoms with van der Waals surface area (Å²) in [4.78, 5) is 0. The lowest BCUT2D eigenvalue weighted by Gasteiger charge is -2.34. The Labute approximate surface area is 44.3 Å². The Hall–Kier alpha value is -0.0800. The fourth-order valence-corrected chi connectivity index (χ4v) is 0.823. The molecule has 0 aromatic carbocycles. The van der Waals surface area contributed by atoms with Crippen LogP contribution in [0.2, 0.25) is 0 Å². The van der Waals surface area contributed by atoms with Crippen molar-refractivity contribution < 1.29 is 0 Å². The minimum absolute atomic E-state index is 0.685. The van der Waals surface area contributed by atoms with E-state index in [1.165, 1.54) is 0 Å². The molecular formula is C5H12N2. The zero-order valence-electron chi connectivity index (χ0n) is 4.86. The summed E-state index contributed by atoms with van der Waals surface area (Å²) in [7, 11) is 2.00. The summed E-state index contributed by atoms with van der Waals surface area (Å²) in [5, 5.41) is 6.44. The zero-order valence-corrected chi connectivity index (χ0v) is 4.86. The number of hydrogen-bond acceptors (Lipinski definition) is 2. The lowest BCUT2D eigenvalue weighted by molar-refractivity contribution is 0.293. The third kappa shape index (κ3) is 0.763. The molecule has 0 saturated carbocycles. The van der Waals surface area contributed by atoms with Crippen LogP contribution in [0.5, 0.6) is 0 Å². The maximum atomic E-state index is 3.25. The van der Waals surface area contributed by atoms with Crippen molar-refractivity contribution in [2.45, 2.75) is 19.0 Å². The average Bonchev–Trinajstić information content (AvgIpc) is 1.65. The van der Waals surface area contributed by atoms with Crippen LogP contribution >= 0.6 is 0 Å². The monoisotopic (exact) mass is 100 g/mol. The van der Waals surface area contributed by atoms with E-state index in [0.29, 0.717) is 6.04 Å². The van der Waals surface area contributed by atoms with Crippen LogP contribution in [0, 0.1) is 0 Å². The second-order valence-electron chi connectivity index (χ2n) is 2.09. The van der Waals surface area contributed by atoms with E-state index < -0.39 is 0 Å². The molecule has 1 rings (SSSR count). The Morgan fingerprint density at radius 2 is 2.43 bits per heavy atom. The molecule has 2 nitrogen and oxygen atoms in total. The van der Waals surface area contributed by atoms with Gasteiger partial charge in [-0.1, -0.05) is 0 Å². The van der Waals surface area contributed by atoms with E-state index in [1.54, 1.807) is 0 Å². The van der Waals surface area contributed by atoms with Gasteiger partial charge in [-0.15, -0.1) is 0 Å². The van der Waals surface area contributed by atoms with Gasteiger partial charge in [-0.3, -0.25) is 0 Å². The molecule has 0 radical (unpaired) electrons. The van der Waals surface area contributed by atoms with Crippen LogP contribution in [0.15, 0.2) is 0 Å².